The summed E-state index contributed by atoms with van der Waals surface area (Å²) in [6.45, 7) is 14.7. The van der Waals surface area contributed by atoms with Crippen LogP contribution in [0.2, 0.25) is 0 Å². The van der Waals surface area contributed by atoms with Gasteiger partial charge in [0.1, 0.15) is 5.82 Å². The molecule has 0 saturated heterocycles. The minimum absolute atomic E-state index is 0.356. The number of nitrogens with zero attached hydrogens (tertiary/aromatic N) is 2. The van der Waals surface area contributed by atoms with Gasteiger partial charge in [-0.2, -0.15) is 0 Å². The Kier molecular flexibility index (Phi) is 3.81. The van der Waals surface area contributed by atoms with Gasteiger partial charge < -0.3 is 9.88 Å². The van der Waals surface area contributed by atoms with Gasteiger partial charge >= 0.3 is 0 Å². The summed E-state index contributed by atoms with van der Waals surface area (Å²) in [6.07, 6.45) is 2.16. The number of rotatable bonds is 3. The van der Waals surface area contributed by atoms with Crippen molar-refractivity contribution in [1.82, 2.24) is 14.9 Å². The summed E-state index contributed by atoms with van der Waals surface area (Å²) in [7, 11) is 0. The average molecular weight is 249 g/mol. The van der Waals surface area contributed by atoms with Crippen LogP contribution in [0.15, 0.2) is 0 Å². The topological polar surface area (TPSA) is 29.9 Å². The third kappa shape index (κ3) is 2.61. The van der Waals surface area contributed by atoms with Gasteiger partial charge in [-0.3, -0.25) is 0 Å². The van der Waals surface area contributed by atoms with Gasteiger partial charge in [-0.05, 0) is 11.3 Å². The number of aryl methyl sites for hydroxylation is 1. The first kappa shape index (κ1) is 13.6. The maximum Gasteiger partial charge on any atom is 0.108 e. The van der Waals surface area contributed by atoms with Gasteiger partial charge in [0.25, 0.3) is 0 Å². The van der Waals surface area contributed by atoms with E-state index in [1.165, 1.54) is 17.2 Å². The third-order valence-electron chi connectivity index (χ3n) is 4.32. The van der Waals surface area contributed by atoms with E-state index in [9.17, 15) is 0 Å². The number of imidazole rings is 1. The lowest BCUT2D eigenvalue weighted by Gasteiger charge is -2.29. The number of aromatic nitrogens is 2. The normalized spacial score (nSPS) is 17.6. The molecule has 0 radical (unpaired) electrons. The molecule has 1 unspecified atom stereocenters. The maximum atomic E-state index is 4.80. The Hall–Kier alpha value is -0.830. The molecular formula is C15H27N3. The molecule has 1 aliphatic rings. The molecule has 102 valence electrons. The summed E-state index contributed by atoms with van der Waals surface area (Å²) < 4.78 is 2.49. The van der Waals surface area contributed by atoms with Gasteiger partial charge in [-0.15, -0.1) is 0 Å². The van der Waals surface area contributed by atoms with E-state index < -0.39 is 0 Å². The number of hydrogen-bond acceptors (Lipinski definition) is 2. The van der Waals surface area contributed by atoms with Crippen molar-refractivity contribution >= 4 is 0 Å². The summed E-state index contributed by atoms with van der Waals surface area (Å²) in [5.41, 5.74) is 3.11. The van der Waals surface area contributed by atoms with Crippen molar-refractivity contribution in [3.05, 3.63) is 17.2 Å². The zero-order valence-corrected chi connectivity index (χ0v) is 12.5. The van der Waals surface area contributed by atoms with E-state index in [1.807, 2.05) is 0 Å². The molecule has 3 nitrogen and oxygen atoms in total. The monoisotopic (exact) mass is 249 g/mol. The predicted octanol–water partition coefficient (Wildman–Crippen LogP) is 2.77. The van der Waals surface area contributed by atoms with E-state index in [2.05, 4.69) is 44.5 Å². The van der Waals surface area contributed by atoms with E-state index >= 15 is 0 Å². The number of hydrogen-bond donors (Lipinski definition) is 1. The second kappa shape index (κ2) is 5.04. The van der Waals surface area contributed by atoms with Gasteiger partial charge in [-0.1, -0.05) is 34.6 Å². The molecule has 1 aromatic heterocycles. The molecule has 18 heavy (non-hydrogen) atoms. The van der Waals surface area contributed by atoms with Crippen LogP contribution in [0.3, 0.4) is 0 Å². The molecule has 1 N–H and O–H groups in total. The van der Waals surface area contributed by atoms with E-state index in [1.54, 1.807) is 0 Å². The first-order valence-corrected chi connectivity index (χ1v) is 7.21. The highest BCUT2D eigenvalue weighted by Gasteiger charge is 2.24. The molecule has 0 fully saturated rings. The number of nitrogens with one attached hydrogen (secondary N) is 1. The summed E-state index contributed by atoms with van der Waals surface area (Å²) in [5.74, 6) is 1.93. The molecule has 0 bridgehead atoms. The Morgan fingerprint density at radius 1 is 1.39 bits per heavy atom. The number of fused-ring (bicyclic) bond motifs is 1. The standard InChI is InChI=1S/C15H27N3/c1-6-14-17-12-9-16-8-7-13(12)18(14)10-11(2)15(3,4)5/h11,16H,6-10H2,1-5H3. The Morgan fingerprint density at radius 3 is 2.72 bits per heavy atom. The Morgan fingerprint density at radius 2 is 2.11 bits per heavy atom. The third-order valence-corrected chi connectivity index (χ3v) is 4.32. The van der Waals surface area contributed by atoms with E-state index in [0.717, 1.165) is 32.5 Å². The predicted molar refractivity (Wildman–Crippen MR) is 75.6 cm³/mol. The SMILES string of the molecule is CCc1nc2c(n1CC(C)C(C)(C)C)CCNC2. The minimum Gasteiger partial charge on any atom is -0.331 e. The smallest absolute Gasteiger partial charge is 0.108 e. The van der Waals surface area contributed by atoms with Crippen LogP contribution < -0.4 is 5.32 Å². The highest BCUT2D eigenvalue weighted by atomic mass is 15.1. The van der Waals surface area contributed by atoms with E-state index in [-0.39, 0.29) is 0 Å². The molecular weight excluding hydrogens is 222 g/mol. The highest BCUT2D eigenvalue weighted by Crippen LogP contribution is 2.28. The molecule has 0 aromatic carbocycles. The van der Waals surface area contributed by atoms with Gasteiger partial charge in [0.2, 0.25) is 0 Å². The van der Waals surface area contributed by atoms with Gasteiger partial charge in [0, 0.05) is 38.2 Å². The molecule has 1 aromatic rings. The highest BCUT2D eigenvalue weighted by molar-refractivity contribution is 5.20. The van der Waals surface area contributed by atoms with Gasteiger partial charge in [0.05, 0.1) is 5.69 Å². The van der Waals surface area contributed by atoms with Crippen LogP contribution in [-0.4, -0.2) is 16.1 Å². The molecule has 2 heterocycles. The quantitative estimate of drug-likeness (QED) is 0.892. The lowest BCUT2D eigenvalue weighted by atomic mass is 9.82. The molecule has 1 aliphatic heterocycles. The van der Waals surface area contributed by atoms with Crippen molar-refractivity contribution in [2.75, 3.05) is 6.54 Å². The Labute approximate surface area is 111 Å². The van der Waals surface area contributed by atoms with Crippen LogP contribution >= 0.6 is 0 Å². The molecule has 0 amide bonds. The van der Waals surface area contributed by atoms with Crippen molar-refractivity contribution in [2.24, 2.45) is 11.3 Å². The van der Waals surface area contributed by atoms with E-state index in [0.29, 0.717) is 11.3 Å². The van der Waals surface area contributed by atoms with Crippen LogP contribution in [0.5, 0.6) is 0 Å². The second-order valence-electron chi connectivity index (χ2n) is 6.58. The van der Waals surface area contributed by atoms with Gasteiger partial charge in [0.15, 0.2) is 0 Å². The summed E-state index contributed by atoms with van der Waals surface area (Å²) in [6, 6.07) is 0. The first-order valence-electron chi connectivity index (χ1n) is 7.21. The Balaban J connectivity index is 2.28. The molecule has 0 aliphatic carbocycles. The average Bonchev–Trinajstić information content (AvgIpc) is 2.66. The Bertz CT molecular complexity index is 412. The summed E-state index contributed by atoms with van der Waals surface area (Å²) in [5, 5.41) is 3.41. The maximum absolute atomic E-state index is 4.80. The van der Waals surface area contributed by atoms with Crippen LogP contribution in [0.25, 0.3) is 0 Å². The van der Waals surface area contributed by atoms with Crippen LogP contribution in [-0.2, 0) is 25.9 Å². The van der Waals surface area contributed by atoms with Crippen LogP contribution in [0.1, 0.15) is 51.8 Å². The lowest BCUT2D eigenvalue weighted by molar-refractivity contribution is 0.229. The van der Waals surface area contributed by atoms with Gasteiger partial charge in [-0.25, -0.2) is 4.98 Å². The second-order valence-corrected chi connectivity index (χ2v) is 6.58. The zero-order chi connectivity index (χ0) is 13.3. The molecule has 1 atom stereocenters. The van der Waals surface area contributed by atoms with Crippen LogP contribution in [0.4, 0.5) is 0 Å². The summed E-state index contributed by atoms with van der Waals surface area (Å²) in [4.78, 5) is 4.80. The largest absolute Gasteiger partial charge is 0.331 e. The van der Waals surface area contributed by atoms with Crippen molar-refractivity contribution in [3.8, 4) is 0 Å². The molecule has 3 heteroatoms. The first-order chi connectivity index (χ1) is 8.43. The summed E-state index contributed by atoms with van der Waals surface area (Å²) >= 11 is 0. The molecule has 0 saturated carbocycles. The fourth-order valence-corrected chi connectivity index (χ4v) is 2.46. The molecule has 0 spiro atoms. The van der Waals surface area contributed by atoms with E-state index in [4.69, 9.17) is 4.98 Å². The lowest BCUT2D eigenvalue weighted by Crippen LogP contribution is -2.28. The van der Waals surface area contributed by atoms with Crippen molar-refractivity contribution < 1.29 is 0 Å². The zero-order valence-electron chi connectivity index (χ0n) is 12.5. The van der Waals surface area contributed by atoms with Crippen molar-refractivity contribution in [3.63, 3.8) is 0 Å². The molecule has 2 rings (SSSR count). The fourth-order valence-electron chi connectivity index (χ4n) is 2.46. The fraction of sp³-hybridized carbons (Fsp3) is 0.800. The van der Waals surface area contributed by atoms with Crippen molar-refractivity contribution in [2.45, 2.75) is 60.5 Å². The van der Waals surface area contributed by atoms with Crippen LogP contribution in [0, 0.1) is 11.3 Å². The van der Waals surface area contributed by atoms with Crippen molar-refractivity contribution in [1.29, 1.82) is 0 Å². The minimum atomic E-state index is 0.356.